The summed E-state index contributed by atoms with van der Waals surface area (Å²) in [5, 5.41) is 3.64. The molecule has 1 fully saturated rings. The number of nitrogens with one attached hydrogen (secondary N) is 1. The van der Waals surface area contributed by atoms with Crippen molar-refractivity contribution in [2.24, 2.45) is 0 Å². The van der Waals surface area contributed by atoms with Crippen LogP contribution >= 0.6 is 27.5 Å². The van der Waals surface area contributed by atoms with Gasteiger partial charge in [0, 0.05) is 34.8 Å². The Kier molecular flexibility index (Phi) is 4.83. The number of hydrogen-bond acceptors (Lipinski definition) is 2. The fourth-order valence-corrected chi connectivity index (χ4v) is 3.20. The standard InChI is InChI=1S/C13H18BrClN2/c14-12-6-11(7-16-9-12)8-17-13(10-15)4-2-1-3-5-13/h6-7,9,17H,1-5,8,10H2. The maximum absolute atomic E-state index is 6.15. The maximum atomic E-state index is 6.15. The molecule has 2 rings (SSSR count). The minimum atomic E-state index is 0.141. The van der Waals surface area contributed by atoms with Crippen LogP contribution in [0.2, 0.25) is 0 Å². The molecule has 0 spiro atoms. The SMILES string of the molecule is ClCC1(NCc2cncc(Br)c2)CCCCC1. The van der Waals surface area contributed by atoms with Gasteiger partial charge >= 0.3 is 0 Å². The quantitative estimate of drug-likeness (QED) is 0.853. The number of rotatable bonds is 4. The summed E-state index contributed by atoms with van der Waals surface area (Å²) in [6.45, 7) is 0.846. The van der Waals surface area contributed by atoms with Gasteiger partial charge in [-0.15, -0.1) is 11.6 Å². The van der Waals surface area contributed by atoms with E-state index in [0.29, 0.717) is 5.88 Å². The van der Waals surface area contributed by atoms with Crippen LogP contribution in [-0.4, -0.2) is 16.4 Å². The highest BCUT2D eigenvalue weighted by Gasteiger charge is 2.30. The van der Waals surface area contributed by atoms with Crippen molar-refractivity contribution < 1.29 is 0 Å². The van der Waals surface area contributed by atoms with E-state index in [1.165, 1.54) is 37.7 Å². The minimum absolute atomic E-state index is 0.141. The Morgan fingerprint density at radius 3 is 2.71 bits per heavy atom. The molecule has 1 aromatic rings. The fraction of sp³-hybridized carbons (Fsp3) is 0.615. The monoisotopic (exact) mass is 316 g/mol. The molecule has 4 heteroatoms. The molecule has 1 saturated carbocycles. The second-order valence-corrected chi connectivity index (χ2v) is 6.02. The zero-order valence-corrected chi connectivity index (χ0v) is 12.2. The average Bonchev–Trinajstić information content (AvgIpc) is 2.38. The molecule has 2 nitrogen and oxygen atoms in total. The molecule has 1 N–H and O–H groups in total. The lowest BCUT2D eigenvalue weighted by molar-refractivity contribution is 0.256. The molecule has 0 unspecified atom stereocenters. The minimum Gasteiger partial charge on any atom is -0.306 e. The Morgan fingerprint density at radius 1 is 1.29 bits per heavy atom. The van der Waals surface area contributed by atoms with E-state index >= 15 is 0 Å². The summed E-state index contributed by atoms with van der Waals surface area (Å²) in [6.07, 6.45) is 10.0. The zero-order chi connectivity index (χ0) is 12.1. The number of alkyl halides is 1. The van der Waals surface area contributed by atoms with Crippen molar-refractivity contribution in [3.63, 3.8) is 0 Å². The van der Waals surface area contributed by atoms with Gasteiger partial charge in [-0.05, 0) is 40.4 Å². The van der Waals surface area contributed by atoms with E-state index in [1.807, 2.05) is 6.20 Å². The van der Waals surface area contributed by atoms with Crippen LogP contribution in [0.3, 0.4) is 0 Å². The Hall–Kier alpha value is -0.120. The van der Waals surface area contributed by atoms with E-state index in [-0.39, 0.29) is 5.54 Å². The van der Waals surface area contributed by atoms with Gasteiger partial charge in [0.2, 0.25) is 0 Å². The van der Waals surface area contributed by atoms with E-state index in [2.05, 4.69) is 32.3 Å². The molecular weight excluding hydrogens is 300 g/mol. The van der Waals surface area contributed by atoms with Crippen molar-refractivity contribution >= 4 is 27.5 Å². The molecule has 0 amide bonds. The molecule has 0 bridgehead atoms. The Balaban J connectivity index is 1.95. The zero-order valence-electron chi connectivity index (χ0n) is 9.88. The van der Waals surface area contributed by atoms with Crippen molar-refractivity contribution in [1.82, 2.24) is 10.3 Å². The van der Waals surface area contributed by atoms with E-state index in [4.69, 9.17) is 11.6 Å². The lowest BCUT2D eigenvalue weighted by Crippen LogP contribution is -2.48. The third kappa shape index (κ3) is 3.67. The van der Waals surface area contributed by atoms with Crippen LogP contribution in [0.25, 0.3) is 0 Å². The number of hydrogen-bond donors (Lipinski definition) is 1. The smallest absolute Gasteiger partial charge is 0.0410 e. The summed E-state index contributed by atoms with van der Waals surface area (Å²) in [5.41, 5.74) is 1.34. The second kappa shape index (κ2) is 6.17. The van der Waals surface area contributed by atoms with E-state index in [1.54, 1.807) is 6.20 Å². The summed E-state index contributed by atoms with van der Waals surface area (Å²) < 4.78 is 1.03. The topological polar surface area (TPSA) is 24.9 Å². The Bertz CT molecular complexity index is 364. The highest BCUT2D eigenvalue weighted by Crippen LogP contribution is 2.29. The van der Waals surface area contributed by atoms with Crippen molar-refractivity contribution in [3.8, 4) is 0 Å². The first-order valence-electron chi connectivity index (χ1n) is 6.15. The van der Waals surface area contributed by atoms with Crippen LogP contribution in [0.1, 0.15) is 37.7 Å². The molecule has 1 aliphatic rings. The highest BCUT2D eigenvalue weighted by atomic mass is 79.9. The van der Waals surface area contributed by atoms with Gasteiger partial charge in [0.1, 0.15) is 0 Å². The third-order valence-corrected chi connectivity index (χ3v) is 4.44. The van der Waals surface area contributed by atoms with Crippen LogP contribution in [0.15, 0.2) is 22.9 Å². The summed E-state index contributed by atoms with van der Waals surface area (Å²) in [7, 11) is 0. The van der Waals surface area contributed by atoms with Crippen molar-refractivity contribution in [3.05, 3.63) is 28.5 Å². The van der Waals surface area contributed by atoms with Crippen molar-refractivity contribution in [1.29, 1.82) is 0 Å². The predicted octanol–water partition coefficient (Wildman–Crippen LogP) is 3.88. The first kappa shape index (κ1) is 13.3. The number of nitrogens with zero attached hydrogens (tertiary/aromatic N) is 1. The number of aromatic nitrogens is 1. The van der Waals surface area contributed by atoms with Gasteiger partial charge in [-0.3, -0.25) is 4.98 Å². The van der Waals surface area contributed by atoms with Gasteiger partial charge < -0.3 is 5.32 Å². The van der Waals surface area contributed by atoms with Crippen LogP contribution in [0, 0.1) is 0 Å². The summed E-state index contributed by atoms with van der Waals surface area (Å²) in [6, 6.07) is 2.10. The second-order valence-electron chi connectivity index (χ2n) is 4.84. The number of halogens is 2. The molecule has 17 heavy (non-hydrogen) atoms. The molecule has 94 valence electrons. The van der Waals surface area contributed by atoms with E-state index in [9.17, 15) is 0 Å². The van der Waals surface area contributed by atoms with Gasteiger partial charge in [-0.25, -0.2) is 0 Å². The van der Waals surface area contributed by atoms with Crippen LogP contribution in [0.5, 0.6) is 0 Å². The van der Waals surface area contributed by atoms with Gasteiger partial charge in [-0.1, -0.05) is 19.3 Å². The number of pyridine rings is 1. The Labute approximate surface area is 116 Å². The van der Waals surface area contributed by atoms with Crippen molar-refractivity contribution in [2.45, 2.75) is 44.2 Å². The van der Waals surface area contributed by atoms with Gasteiger partial charge in [-0.2, -0.15) is 0 Å². The molecule has 0 radical (unpaired) electrons. The molecular formula is C13H18BrClN2. The third-order valence-electron chi connectivity index (χ3n) is 3.50. The van der Waals surface area contributed by atoms with Gasteiger partial charge in [0.15, 0.2) is 0 Å². The summed E-state index contributed by atoms with van der Waals surface area (Å²) >= 11 is 9.59. The Morgan fingerprint density at radius 2 is 2.06 bits per heavy atom. The van der Waals surface area contributed by atoms with E-state index < -0.39 is 0 Å². The molecule has 0 saturated heterocycles. The fourth-order valence-electron chi connectivity index (χ4n) is 2.43. The van der Waals surface area contributed by atoms with Crippen LogP contribution in [0.4, 0.5) is 0 Å². The first-order chi connectivity index (χ1) is 8.24. The summed E-state index contributed by atoms with van der Waals surface area (Å²) in [5.74, 6) is 0.703. The molecule has 0 aromatic carbocycles. The lowest BCUT2D eigenvalue weighted by Gasteiger charge is -2.36. The van der Waals surface area contributed by atoms with Gasteiger partial charge in [0.25, 0.3) is 0 Å². The predicted molar refractivity (Wildman–Crippen MR) is 75.3 cm³/mol. The average molecular weight is 318 g/mol. The van der Waals surface area contributed by atoms with Crippen LogP contribution < -0.4 is 5.32 Å². The molecule has 1 aliphatic carbocycles. The lowest BCUT2D eigenvalue weighted by atomic mass is 9.83. The molecule has 0 aliphatic heterocycles. The maximum Gasteiger partial charge on any atom is 0.0410 e. The normalized spacial score (nSPS) is 19.2. The van der Waals surface area contributed by atoms with Crippen LogP contribution in [-0.2, 0) is 6.54 Å². The highest BCUT2D eigenvalue weighted by molar-refractivity contribution is 9.10. The van der Waals surface area contributed by atoms with E-state index in [0.717, 1.165) is 11.0 Å². The molecule has 0 atom stereocenters. The molecule has 1 heterocycles. The molecule has 1 aromatic heterocycles. The summed E-state index contributed by atoms with van der Waals surface area (Å²) in [4.78, 5) is 4.18. The van der Waals surface area contributed by atoms with Crippen molar-refractivity contribution in [2.75, 3.05) is 5.88 Å². The first-order valence-corrected chi connectivity index (χ1v) is 7.47. The largest absolute Gasteiger partial charge is 0.306 e. The van der Waals surface area contributed by atoms with Gasteiger partial charge in [0.05, 0.1) is 0 Å².